The normalized spacial score (nSPS) is 14.0. The number of hydrogen-bond donors (Lipinski definition) is 2. The van der Waals surface area contributed by atoms with Crippen molar-refractivity contribution in [3.05, 3.63) is 35.4 Å². The topological polar surface area (TPSA) is 64.4 Å². The third-order valence-corrected chi connectivity index (χ3v) is 3.01. The Kier molecular flexibility index (Phi) is 5.31. The van der Waals surface area contributed by atoms with Gasteiger partial charge in [-0.2, -0.15) is 0 Å². The van der Waals surface area contributed by atoms with Crippen LogP contribution in [0.2, 0.25) is 0 Å². The molecule has 0 fully saturated rings. The van der Waals surface area contributed by atoms with Crippen LogP contribution in [0, 0.1) is 0 Å². The van der Waals surface area contributed by atoms with Crippen molar-refractivity contribution in [2.45, 2.75) is 39.0 Å². The molecule has 0 aromatic heterocycles. The summed E-state index contributed by atoms with van der Waals surface area (Å²) in [5.74, 6) is -0.123. The van der Waals surface area contributed by atoms with Crippen molar-refractivity contribution in [3.63, 3.8) is 0 Å². The lowest BCUT2D eigenvalue weighted by Gasteiger charge is -2.21. The number of benzene rings is 1. The lowest BCUT2D eigenvalue weighted by molar-refractivity contribution is -0.126. The second-order valence-electron chi connectivity index (χ2n) is 4.71. The van der Waals surface area contributed by atoms with Crippen molar-refractivity contribution in [1.29, 1.82) is 0 Å². The number of methoxy groups -OCH3 is 1. The first-order valence-electron chi connectivity index (χ1n) is 6.13. The quantitative estimate of drug-likeness (QED) is 0.805. The highest BCUT2D eigenvalue weighted by atomic mass is 16.5. The van der Waals surface area contributed by atoms with Crippen molar-refractivity contribution in [2.75, 3.05) is 7.11 Å². The van der Waals surface area contributed by atoms with Gasteiger partial charge in [0.1, 0.15) is 0 Å². The van der Waals surface area contributed by atoms with Gasteiger partial charge in [0, 0.05) is 13.7 Å². The molecule has 1 aromatic rings. The molecular formula is C14H22N2O2. The van der Waals surface area contributed by atoms with Crippen molar-refractivity contribution >= 4 is 5.91 Å². The number of rotatable bonds is 6. The summed E-state index contributed by atoms with van der Waals surface area (Å²) in [6.07, 6.45) is 0.614. The van der Waals surface area contributed by atoms with Crippen LogP contribution >= 0.6 is 0 Å². The highest BCUT2D eigenvalue weighted by Gasteiger charge is 2.25. The van der Waals surface area contributed by atoms with E-state index in [4.69, 9.17) is 10.5 Å². The van der Waals surface area contributed by atoms with Gasteiger partial charge in [-0.25, -0.2) is 0 Å². The highest BCUT2D eigenvalue weighted by Crippen LogP contribution is 2.08. The number of ether oxygens (including phenoxy) is 1. The third kappa shape index (κ3) is 4.13. The van der Waals surface area contributed by atoms with E-state index < -0.39 is 5.54 Å². The molecule has 0 saturated heterocycles. The Bertz CT molecular complexity index is 403. The van der Waals surface area contributed by atoms with E-state index in [9.17, 15) is 4.79 Å². The Morgan fingerprint density at radius 1 is 1.44 bits per heavy atom. The van der Waals surface area contributed by atoms with Gasteiger partial charge in [-0.3, -0.25) is 4.79 Å². The number of nitrogens with two attached hydrogens (primary N) is 1. The van der Waals surface area contributed by atoms with Crippen molar-refractivity contribution in [3.8, 4) is 0 Å². The SMILES string of the molecule is CCC(C)(N)C(=O)NCc1cccc(COC)c1. The van der Waals surface area contributed by atoms with Crippen LogP contribution in [0.1, 0.15) is 31.4 Å². The predicted octanol–water partition coefficient (Wildman–Crippen LogP) is 1.58. The van der Waals surface area contributed by atoms with Gasteiger partial charge in [0.2, 0.25) is 5.91 Å². The highest BCUT2D eigenvalue weighted by molar-refractivity contribution is 5.85. The Morgan fingerprint density at radius 3 is 2.72 bits per heavy atom. The number of hydrogen-bond acceptors (Lipinski definition) is 3. The van der Waals surface area contributed by atoms with Crippen molar-refractivity contribution < 1.29 is 9.53 Å². The van der Waals surface area contributed by atoms with E-state index in [1.165, 1.54) is 0 Å². The molecule has 1 amide bonds. The zero-order chi connectivity index (χ0) is 13.6. The van der Waals surface area contributed by atoms with Crippen molar-refractivity contribution in [1.82, 2.24) is 5.32 Å². The number of carbonyl (C=O) groups excluding carboxylic acids is 1. The standard InChI is InChI=1S/C14H22N2O2/c1-4-14(2,15)13(17)16-9-11-6-5-7-12(8-11)10-18-3/h5-8H,4,9-10,15H2,1-3H3,(H,16,17). The van der Waals surface area contributed by atoms with E-state index in [-0.39, 0.29) is 5.91 Å². The van der Waals surface area contributed by atoms with Gasteiger partial charge in [-0.15, -0.1) is 0 Å². The van der Waals surface area contributed by atoms with Crippen LogP contribution in [-0.4, -0.2) is 18.6 Å². The first-order chi connectivity index (χ1) is 8.49. The summed E-state index contributed by atoms with van der Waals surface area (Å²) in [4.78, 5) is 11.8. The van der Waals surface area contributed by atoms with E-state index in [0.717, 1.165) is 11.1 Å². The molecular weight excluding hydrogens is 228 g/mol. The lowest BCUT2D eigenvalue weighted by atomic mass is 9.99. The second kappa shape index (κ2) is 6.52. The summed E-state index contributed by atoms with van der Waals surface area (Å²) in [6, 6.07) is 7.94. The molecule has 1 aromatic carbocycles. The monoisotopic (exact) mass is 250 g/mol. The maximum Gasteiger partial charge on any atom is 0.240 e. The van der Waals surface area contributed by atoms with E-state index in [2.05, 4.69) is 5.32 Å². The molecule has 18 heavy (non-hydrogen) atoms. The van der Waals surface area contributed by atoms with Crippen LogP contribution in [-0.2, 0) is 22.7 Å². The fourth-order valence-electron chi connectivity index (χ4n) is 1.54. The first-order valence-corrected chi connectivity index (χ1v) is 6.13. The first kappa shape index (κ1) is 14.7. The minimum atomic E-state index is -0.801. The number of carbonyl (C=O) groups is 1. The van der Waals surface area contributed by atoms with E-state index in [1.54, 1.807) is 14.0 Å². The summed E-state index contributed by atoms with van der Waals surface area (Å²) in [5, 5.41) is 2.85. The zero-order valence-electron chi connectivity index (χ0n) is 11.3. The van der Waals surface area contributed by atoms with Crippen LogP contribution < -0.4 is 11.1 Å². The van der Waals surface area contributed by atoms with Gasteiger partial charge in [-0.1, -0.05) is 31.2 Å². The molecule has 100 valence electrons. The Hall–Kier alpha value is -1.39. The van der Waals surface area contributed by atoms with Crippen molar-refractivity contribution in [2.24, 2.45) is 5.73 Å². The molecule has 1 rings (SSSR count). The summed E-state index contributed by atoms with van der Waals surface area (Å²) in [6.45, 7) is 4.71. The van der Waals surface area contributed by atoms with Crippen LogP contribution in [0.5, 0.6) is 0 Å². The Morgan fingerprint density at radius 2 is 2.11 bits per heavy atom. The fourth-order valence-corrected chi connectivity index (χ4v) is 1.54. The summed E-state index contributed by atoms with van der Waals surface area (Å²) < 4.78 is 5.07. The third-order valence-electron chi connectivity index (χ3n) is 3.01. The van der Waals surface area contributed by atoms with E-state index >= 15 is 0 Å². The molecule has 0 spiro atoms. The molecule has 0 aliphatic rings. The van der Waals surface area contributed by atoms with Gasteiger partial charge < -0.3 is 15.8 Å². The Balaban J connectivity index is 2.58. The second-order valence-corrected chi connectivity index (χ2v) is 4.71. The van der Waals surface area contributed by atoms with E-state index in [0.29, 0.717) is 19.6 Å². The molecule has 3 N–H and O–H groups in total. The van der Waals surface area contributed by atoms with Crippen LogP contribution in [0.25, 0.3) is 0 Å². The van der Waals surface area contributed by atoms with Gasteiger partial charge >= 0.3 is 0 Å². The van der Waals surface area contributed by atoms with Crippen LogP contribution in [0.3, 0.4) is 0 Å². The molecule has 4 heteroatoms. The van der Waals surface area contributed by atoms with Gasteiger partial charge in [0.05, 0.1) is 12.1 Å². The maximum absolute atomic E-state index is 11.8. The fraction of sp³-hybridized carbons (Fsp3) is 0.500. The predicted molar refractivity (Wildman–Crippen MR) is 71.9 cm³/mol. The van der Waals surface area contributed by atoms with Crippen LogP contribution in [0.4, 0.5) is 0 Å². The molecule has 0 aliphatic carbocycles. The number of nitrogens with one attached hydrogen (secondary N) is 1. The van der Waals surface area contributed by atoms with Gasteiger partial charge in [0.25, 0.3) is 0 Å². The molecule has 0 heterocycles. The molecule has 1 atom stereocenters. The molecule has 1 unspecified atom stereocenters. The minimum Gasteiger partial charge on any atom is -0.380 e. The lowest BCUT2D eigenvalue weighted by Crippen LogP contribution is -2.50. The average Bonchev–Trinajstić information content (AvgIpc) is 2.36. The average molecular weight is 250 g/mol. The van der Waals surface area contributed by atoms with Gasteiger partial charge in [-0.05, 0) is 24.5 Å². The Labute approximate surface area is 109 Å². The summed E-state index contributed by atoms with van der Waals surface area (Å²) in [7, 11) is 1.66. The largest absolute Gasteiger partial charge is 0.380 e. The maximum atomic E-state index is 11.8. The molecule has 0 bridgehead atoms. The van der Waals surface area contributed by atoms with Gasteiger partial charge in [0.15, 0.2) is 0 Å². The molecule has 0 aliphatic heterocycles. The van der Waals surface area contributed by atoms with Crippen LogP contribution in [0.15, 0.2) is 24.3 Å². The minimum absolute atomic E-state index is 0.123. The smallest absolute Gasteiger partial charge is 0.240 e. The molecule has 0 saturated carbocycles. The van der Waals surface area contributed by atoms with E-state index in [1.807, 2.05) is 31.2 Å². The number of amides is 1. The summed E-state index contributed by atoms with van der Waals surface area (Å²) in [5.41, 5.74) is 7.21. The zero-order valence-corrected chi connectivity index (χ0v) is 11.3. The molecule has 0 radical (unpaired) electrons. The summed E-state index contributed by atoms with van der Waals surface area (Å²) >= 11 is 0. The molecule has 4 nitrogen and oxygen atoms in total.